The molecule has 0 bridgehead atoms. The van der Waals surface area contributed by atoms with E-state index in [-0.39, 0.29) is 16.7 Å². The Morgan fingerprint density at radius 2 is 2.11 bits per heavy atom. The summed E-state index contributed by atoms with van der Waals surface area (Å²) in [5.41, 5.74) is 0.637. The van der Waals surface area contributed by atoms with Crippen molar-refractivity contribution in [2.75, 3.05) is 20.1 Å². The van der Waals surface area contributed by atoms with Crippen LogP contribution in [0.25, 0.3) is 0 Å². The number of amidine groups is 1. The van der Waals surface area contributed by atoms with Crippen molar-refractivity contribution in [2.24, 2.45) is 10.3 Å². The number of amides is 1. The molecule has 2 aliphatic heterocycles. The number of hydrogen-bond donors (Lipinski definition) is 0. The molecule has 1 fully saturated rings. The van der Waals surface area contributed by atoms with Crippen molar-refractivity contribution in [3.8, 4) is 0 Å². The number of nitrogens with zero attached hydrogens (tertiary/aromatic N) is 3. The quantitative estimate of drug-likeness (QED) is 0.790. The van der Waals surface area contributed by atoms with Crippen LogP contribution in [0.2, 0.25) is 0 Å². The fourth-order valence-corrected chi connectivity index (χ4v) is 5.70. The first kappa shape index (κ1) is 18.2. The highest BCUT2D eigenvalue weighted by Crippen LogP contribution is 2.30. The number of rotatable bonds is 3. The van der Waals surface area contributed by atoms with E-state index in [1.54, 1.807) is 34.4 Å². The minimum atomic E-state index is -3.64. The van der Waals surface area contributed by atoms with E-state index in [1.807, 2.05) is 35.5 Å². The molecule has 4 rings (SSSR count). The van der Waals surface area contributed by atoms with E-state index in [0.717, 1.165) is 17.7 Å². The summed E-state index contributed by atoms with van der Waals surface area (Å²) in [5, 5.41) is 2.01. The lowest BCUT2D eigenvalue weighted by molar-refractivity contribution is -0.136. The largest absolute Gasteiger partial charge is 0.355 e. The minimum Gasteiger partial charge on any atom is -0.355 e. The van der Waals surface area contributed by atoms with Gasteiger partial charge in [-0.1, -0.05) is 18.2 Å². The van der Waals surface area contributed by atoms with Crippen LogP contribution in [-0.2, 0) is 21.4 Å². The Labute approximate surface area is 163 Å². The smallest absolute Gasteiger partial charge is 0.285 e. The second kappa shape index (κ2) is 7.09. The molecule has 8 heteroatoms. The van der Waals surface area contributed by atoms with Gasteiger partial charge >= 0.3 is 0 Å². The Balaban J connectivity index is 1.51. The van der Waals surface area contributed by atoms with Gasteiger partial charge in [-0.15, -0.1) is 15.7 Å². The molecule has 1 aromatic heterocycles. The van der Waals surface area contributed by atoms with Gasteiger partial charge in [0.1, 0.15) is 4.90 Å². The van der Waals surface area contributed by atoms with Crippen LogP contribution in [-0.4, -0.2) is 50.1 Å². The summed E-state index contributed by atoms with van der Waals surface area (Å²) in [6, 6.07) is 10.9. The molecule has 1 amide bonds. The number of benzene rings is 1. The molecule has 0 radical (unpaired) electrons. The molecule has 0 saturated carbocycles. The summed E-state index contributed by atoms with van der Waals surface area (Å²) in [6.07, 6.45) is 1.65. The highest BCUT2D eigenvalue weighted by molar-refractivity contribution is 7.90. The molecular weight excluding hydrogens is 382 g/mol. The van der Waals surface area contributed by atoms with Crippen molar-refractivity contribution in [1.29, 1.82) is 0 Å². The average molecular weight is 404 g/mol. The fraction of sp³-hybridized carbons (Fsp3) is 0.368. The number of carbonyl (C=O) groups is 1. The van der Waals surface area contributed by atoms with Crippen LogP contribution in [0.15, 0.2) is 51.1 Å². The minimum absolute atomic E-state index is 0.0999. The average Bonchev–Trinajstić information content (AvgIpc) is 3.27. The Morgan fingerprint density at radius 3 is 2.89 bits per heavy atom. The number of carbonyl (C=O) groups excluding carboxylic acids is 1. The van der Waals surface area contributed by atoms with Crippen LogP contribution in [0.4, 0.5) is 0 Å². The van der Waals surface area contributed by atoms with Crippen molar-refractivity contribution in [3.05, 3.63) is 52.2 Å². The topological polar surface area (TPSA) is 70.1 Å². The Morgan fingerprint density at radius 1 is 1.30 bits per heavy atom. The zero-order valence-electron chi connectivity index (χ0n) is 15.0. The van der Waals surface area contributed by atoms with Gasteiger partial charge in [-0.25, -0.2) is 0 Å². The highest BCUT2D eigenvalue weighted by Gasteiger charge is 2.35. The van der Waals surface area contributed by atoms with E-state index < -0.39 is 10.0 Å². The van der Waals surface area contributed by atoms with Crippen LogP contribution in [0.3, 0.4) is 0 Å². The van der Waals surface area contributed by atoms with Gasteiger partial charge in [0.15, 0.2) is 5.84 Å². The van der Waals surface area contributed by atoms with Crippen molar-refractivity contribution in [1.82, 2.24) is 9.80 Å². The van der Waals surface area contributed by atoms with Gasteiger partial charge in [0.05, 0.1) is 12.5 Å². The molecule has 0 aliphatic carbocycles. The lowest BCUT2D eigenvalue weighted by Gasteiger charge is -2.35. The van der Waals surface area contributed by atoms with Crippen molar-refractivity contribution >= 4 is 33.1 Å². The Kier molecular flexibility index (Phi) is 4.77. The maximum absolute atomic E-state index is 12.9. The third-order valence-corrected chi connectivity index (χ3v) is 7.22. The van der Waals surface area contributed by atoms with Crippen LogP contribution in [0.5, 0.6) is 0 Å². The molecule has 1 aromatic carbocycles. The number of piperidine rings is 1. The van der Waals surface area contributed by atoms with Gasteiger partial charge in [-0.05, 0) is 36.4 Å². The third-order valence-electron chi connectivity index (χ3n) is 5.03. The summed E-state index contributed by atoms with van der Waals surface area (Å²) in [4.78, 5) is 18.0. The zero-order chi connectivity index (χ0) is 19.0. The Hall–Kier alpha value is -2.19. The first-order chi connectivity index (χ1) is 13.0. The van der Waals surface area contributed by atoms with E-state index in [0.29, 0.717) is 31.0 Å². The summed E-state index contributed by atoms with van der Waals surface area (Å²) >= 11 is 1.64. The summed E-state index contributed by atoms with van der Waals surface area (Å²) in [7, 11) is -1.81. The van der Waals surface area contributed by atoms with Gasteiger partial charge in [-0.3, -0.25) is 4.79 Å². The first-order valence-electron chi connectivity index (χ1n) is 8.92. The van der Waals surface area contributed by atoms with E-state index in [4.69, 9.17) is 0 Å². The maximum atomic E-state index is 12.9. The van der Waals surface area contributed by atoms with E-state index in [1.165, 1.54) is 0 Å². The normalized spacial score (nSPS) is 20.9. The van der Waals surface area contributed by atoms with E-state index in [9.17, 15) is 13.2 Å². The van der Waals surface area contributed by atoms with Gasteiger partial charge in [-0.2, -0.15) is 8.42 Å². The van der Waals surface area contributed by atoms with Crippen LogP contribution < -0.4 is 0 Å². The van der Waals surface area contributed by atoms with E-state index in [2.05, 4.69) is 4.40 Å². The lowest BCUT2D eigenvalue weighted by atomic mass is 9.96. The highest BCUT2D eigenvalue weighted by atomic mass is 32.2. The molecule has 6 nitrogen and oxygen atoms in total. The predicted molar refractivity (Wildman–Crippen MR) is 105 cm³/mol. The number of fused-ring (bicyclic) bond motifs is 1. The maximum Gasteiger partial charge on any atom is 0.285 e. The van der Waals surface area contributed by atoms with Crippen LogP contribution in [0.1, 0.15) is 23.3 Å². The summed E-state index contributed by atoms with van der Waals surface area (Å²) in [6.45, 7) is 1.81. The van der Waals surface area contributed by atoms with Crippen LogP contribution >= 0.6 is 11.3 Å². The molecule has 0 unspecified atom stereocenters. The summed E-state index contributed by atoms with van der Waals surface area (Å²) in [5.74, 6) is 0.425. The predicted octanol–water partition coefficient (Wildman–Crippen LogP) is 2.57. The molecule has 0 N–H and O–H groups in total. The van der Waals surface area contributed by atoms with Gasteiger partial charge in [0.2, 0.25) is 5.91 Å². The molecule has 142 valence electrons. The van der Waals surface area contributed by atoms with Gasteiger partial charge in [0, 0.05) is 30.6 Å². The summed E-state index contributed by atoms with van der Waals surface area (Å²) < 4.78 is 28.6. The SMILES string of the molecule is CN(Cc1cccs1)C(=O)[C@@H]1CCCN(C2=NS(=O)(=O)c3ccccc32)C1. The number of hydrogen-bond acceptors (Lipinski definition) is 5. The lowest BCUT2D eigenvalue weighted by Crippen LogP contribution is -2.45. The molecule has 27 heavy (non-hydrogen) atoms. The number of thiophene rings is 1. The first-order valence-corrected chi connectivity index (χ1v) is 11.2. The molecule has 2 aromatic rings. The third kappa shape index (κ3) is 3.51. The number of sulfonamides is 1. The second-order valence-electron chi connectivity index (χ2n) is 6.94. The number of likely N-dealkylation sites (tertiary alicyclic amines) is 1. The fourth-order valence-electron chi connectivity index (χ4n) is 3.71. The molecule has 0 spiro atoms. The van der Waals surface area contributed by atoms with Crippen molar-refractivity contribution < 1.29 is 13.2 Å². The van der Waals surface area contributed by atoms with Gasteiger partial charge in [0.25, 0.3) is 10.0 Å². The monoisotopic (exact) mass is 403 g/mol. The zero-order valence-corrected chi connectivity index (χ0v) is 16.7. The van der Waals surface area contributed by atoms with Crippen LogP contribution in [0, 0.1) is 5.92 Å². The van der Waals surface area contributed by atoms with Gasteiger partial charge < -0.3 is 9.80 Å². The molecule has 3 heterocycles. The Bertz CT molecular complexity index is 983. The standard InChI is InChI=1S/C19H21N3O3S2/c1-21(13-15-7-5-11-26-15)19(23)14-6-4-10-22(12-14)18-16-8-2-3-9-17(16)27(24,25)20-18/h2-3,5,7-9,11,14H,4,6,10,12-13H2,1H3/t14-/m1/s1. The molecular formula is C19H21N3O3S2. The van der Waals surface area contributed by atoms with E-state index >= 15 is 0 Å². The molecule has 1 saturated heterocycles. The van der Waals surface area contributed by atoms with Crippen molar-refractivity contribution in [3.63, 3.8) is 0 Å². The molecule has 1 atom stereocenters. The second-order valence-corrected chi connectivity index (χ2v) is 9.55. The molecule has 2 aliphatic rings. The van der Waals surface area contributed by atoms with Crippen molar-refractivity contribution in [2.45, 2.75) is 24.3 Å².